The lowest BCUT2D eigenvalue weighted by atomic mass is 9.69. The fourth-order valence-corrected chi connectivity index (χ4v) is 3.68. The number of carbonyl (C=O) groups is 1. The second kappa shape index (κ2) is 4.49. The molecular formula is C16H18O3. The third-order valence-electron chi connectivity index (χ3n) is 4.60. The van der Waals surface area contributed by atoms with Gasteiger partial charge in [0.1, 0.15) is 5.41 Å². The maximum absolute atomic E-state index is 12.3. The minimum absolute atomic E-state index is 0.0835. The molecule has 1 aromatic carbocycles. The van der Waals surface area contributed by atoms with Gasteiger partial charge in [-0.3, -0.25) is 4.79 Å². The zero-order valence-electron chi connectivity index (χ0n) is 11.0. The molecule has 2 aliphatic rings. The summed E-state index contributed by atoms with van der Waals surface area (Å²) < 4.78 is 5.00. The molecule has 3 nitrogen and oxygen atoms in total. The summed E-state index contributed by atoms with van der Waals surface area (Å²) in [5, 5.41) is 10.8. The van der Waals surface area contributed by atoms with E-state index >= 15 is 0 Å². The third kappa shape index (κ3) is 1.72. The van der Waals surface area contributed by atoms with Crippen LogP contribution < -0.4 is 0 Å². The van der Waals surface area contributed by atoms with Crippen LogP contribution in [0.3, 0.4) is 0 Å². The predicted molar refractivity (Wildman–Crippen MR) is 71.2 cm³/mol. The maximum Gasteiger partial charge on any atom is 0.315 e. The minimum Gasteiger partial charge on any atom is -0.468 e. The van der Waals surface area contributed by atoms with Crippen LogP contribution in [0, 0.1) is 17.3 Å². The highest BCUT2D eigenvalue weighted by molar-refractivity contribution is 5.79. The molecule has 0 aromatic heterocycles. The van der Waals surface area contributed by atoms with Gasteiger partial charge in [0.15, 0.2) is 0 Å². The van der Waals surface area contributed by atoms with Gasteiger partial charge in [0.2, 0.25) is 0 Å². The van der Waals surface area contributed by atoms with E-state index in [0.29, 0.717) is 12.3 Å². The summed E-state index contributed by atoms with van der Waals surface area (Å²) in [6.07, 6.45) is 5.04. The largest absolute Gasteiger partial charge is 0.468 e. The zero-order chi connectivity index (χ0) is 13.5. The van der Waals surface area contributed by atoms with E-state index in [9.17, 15) is 9.90 Å². The van der Waals surface area contributed by atoms with Crippen LogP contribution in [-0.2, 0) is 9.53 Å². The van der Waals surface area contributed by atoms with Crippen molar-refractivity contribution in [2.75, 3.05) is 7.11 Å². The first-order chi connectivity index (χ1) is 9.18. The average Bonchev–Trinajstić information content (AvgIpc) is 3.07. The molecule has 3 heteroatoms. The lowest BCUT2D eigenvalue weighted by molar-refractivity contribution is -0.164. The normalized spacial score (nSPS) is 33.4. The number of ether oxygens (including phenoxy) is 1. The molecule has 1 fully saturated rings. The second-order valence-corrected chi connectivity index (χ2v) is 5.54. The quantitative estimate of drug-likeness (QED) is 0.669. The van der Waals surface area contributed by atoms with Crippen molar-refractivity contribution in [2.45, 2.75) is 18.9 Å². The Bertz CT molecular complexity index is 508. The Labute approximate surface area is 112 Å². The summed E-state index contributed by atoms with van der Waals surface area (Å²) in [6.45, 7) is 0. The predicted octanol–water partition coefficient (Wildman–Crippen LogP) is 2.48. The number of allylic oxidation sites excluding steroid dienone is 2. The first-order valence-electron chi connectivity index (χ1n) is 6.68. The van der Waals surface area contributed by atoms with Crippen LogP contribution in [0.25, 0.3) is 0 Å². The van der Waals surface area contributed by atoms with Crippen molar-refractivity contribution in [1.82, 2.24) is 0 Å². The fourth-order valence-electron chi connectivity index (χ4n) is 3.68. The van der Waals surface area contributed by atoms with Gasteiger partial charge in [0.05, 0.1) is 13.2 Å². The van der Waals surface area contributed by atoms with E-state index in [0.717, 1.165) is 12.0 Å². The Morgan fingerprint density at radius 3 is 2.63 bits per heavy atom. The van der Waals surface area contributed by atoms with Gasteiger partial charge >= 0.3 is 5.97 Å². The van der Waals surface area contributed by atoms with E-state index in [2.05, 4.69) is 12.2 Å². The molecule has 2 aliphatic carbocycles. The van der Waals surface area contributed by atoms with Crippen LogP contribution in [-0.4, -0.2) is 18.2 Å². The number of esters is 1. The molecule has 2 bridgehead atoms. The summed E-state index contributed by atoms with van der Waals surface area (Å²) in [5.41, 5.74) is -0.0240. The van der Waals surface area contributed by atoms with E-state index in [1.807, 2.05) is 30.3 Å². The van der Waals surface area contributed by atoms with Crippen molar-refractivity contribution in [3.8, 4) is 0 Å². The highest BCUT2D eigenvalue weighted by Crippen LogP contribution is 2.58. The smallest absolute Gasteiger partial charge is 0.315 e. The lowest BCUT2D eigenvalue weighted by Gasteiger charge is -2.37. The fraction of sp³-hybridized carbons (Fsp3) is 0.438. The molecule has 1 saturated carbocycles. The summed E-state index contributed by atoms with van der Waals surface area (Å²) in [6, 6.07) is 9.40. The molecule has 3 rings (SSSR count). The van der Waals surface area contributed by atoms with Gasteiger partial charge in [-0.2, -0.15) is 0 Å². The standard InChI is InChI=1S/C16H18O3/c1-19-15(18)16(10-11-7-8-13(16)9-11)14(17)12-5-3-2-4-6-12/h2-8,11,13-14,17H,9-10H2,1H3/t11-,13+,14+,16+/m0/s1. The second-order valence-electron chi connectivity index (χ2n) is 5.54. The van der Waals surface area contributed by atoms with Crippen molar-refractivity contribution in [3.63, 3.8) is 0 Å². The van der Waals surface area contributed by atoms with E-state index in [-0.39, 0.29) is 11.9 Å². The third-order valence-corrected chi connectivity index (χ3v) is 4.60. The number of benzene rings is 1. The van der Waals surface area contributed by atoms with E-state index in [1.165, 1.54) is 7.11 Å². The summed E-state index contributed by atoms with van der Waals surface area (Å²) in [7, 11) is 1.40. The minimum atomic E-state index is -0.810. The molecule has 1 aromatic rings. The summed E-state index contributed by atoms with van der Waals surface area (Å²) in [5.74, 6) is 0.184. The highest BCUT2D eigenvalue weighted by Gasteiger charge is 2.58. The number of aliphatic hydroxyl groups excluding tert-OH is 1. The zero-order valence-corrected chi connectivity index (χ0v) is 11.0. The SMILES string of the molecule is COC(=O)[C@]1([C@H](O)c2ccccc2)C[C@H]2C=C[C@@H]1C2. The van der Waals surface area contributed by atoms with Crippen LogP contribution in [0.2, 0.25) is 0 Å². The molecule has 0 aliphatic heterocycles. The number of aliphatic hydroxyl groups is 1. The van der Waals surface area contributed by atoms with Gasteiger partial charge in [0, 0.05) is 0 Å². The summed E-state index contributed by atoms with van der Waals surface area (Å²) >= 11 is 0. The number of hydrogen-bond acceptors (Lipinski definition) is 3. The molecule has 0 unspecified atom stereocenters. The number of fused-ring (bicyclic) bond motifs is 2. The first-order valence-corrected chi connectivity index (χ1v) is 6.68. The van der Waals surface area contributed by atoms with Gasteiger partial charge in [-0.15, -0.1) is 0 Å². The topological polar surface area (TPSA) is 46.5 Å². The maximum atomic E-state index is 12.3. The summed E-state index contributed by atoms with van der Waals surface area (Å²) in [4.78, 5) is 12.3. The van der Waals surface area contributed by atoms with Crippen molar-refractivity contribution in [2.24, 2.45) is 17.3 Å². The number of rotatable bonds is 3. The highest BCUT2D eigenvalue weighted by atomic mass is 16.5. The Balaban J connectivity index is 2.02. The van der Waals surface area contributed by atoms with Crippen molar-refractivity contribution >= 4 is 5.97 Å². The molecule has 1 N–H and O–H groups in total. The van der Waals surface area contributed by atoms with Crippen LogP contribution in [0.15, 0.2) is 42.5 Å². The van der Waals surface area contributed by atoms with Gasteiger partial charge < -0.3 is 9.84 Å². The number of carbonyl (C=O) groups excluding carboxylic acids is 1. The van der Waals surface area contributed by atoms with Crippen molar-refractivity contribution in [3.05, 3.63) is 48.0 Å². The Hall–Kier alpha value is -1.61. The number of methoxy groups -OCH3 is 1. The Morgan fingerprint density at radius 2 is 2.11 bits per heavy atom. The monoisotopic (exact) mass is 258 g/mol. The van der Waals surface area contributed by atoms with Crippen LogP contribution in [0.4, 0.5) is 0 Å². The molecule has 100 valence electrons. The molecule has 0 amide bonds. The van der Waals surface area contributed by atoms with Crippen LogP contribution >= 0.6 is 0 Å². The van der Waals surface area contributed by atoms with Gasteiger partial charge in [0.25, 0.3) is 0 Å². The molecule has 4 atom stereocenters. The van der Waals surface area contributed by atoms with Crippen molar-refractivity contribution in [1.29, 1.82) is 0 Å². The van der Waals surface area contributed by atoms with Gasteiger partial charge in [-0.25, -0.2) is 0 Å². The molecule has 0 saturated heterocycles. The molecular weight excluding hydrogens is 240 g/mol. The van der Waals surface area contributed by atoms with E-state index in [1.54, 1.807) is 0 Å². The van der Waals surface area contributed by atoms with Gasteiger partial charge in [-0.05, 0) is 30.2 Å². The molecule has 0 spiro atoms. The van der Waals surface area contributed by atoms with Gasteiger partial charge in [-0.1, -0.05) is 42.5 Å². The number of hydrogen-bond donors (Lipinski definition) is 1. The Morgan fingerprint density at radius 1 is 1.37 bits per heavy atom. The molecule has 19 heavy (non-hydrogen) atoms. The average molecular weight is 258 g/mol. The van der Waals surface area contributed by atoms with E-state index in [4.69, 9.17) is 4.74 Å². The molecule has 0 radical (unpaired) electrons. The first kappa shape index (κ1) is 12.4. The van der Waals surface area contributed by atoms with Crippen LogP contribution in [0.5, 0.6) is 0 Å². The molecule has 0 heterocycles. The lowest BCUT2D eigenvalue weighted by Crippen LogP contribution is -2.42. The Kier molecular flexibility index (Phi) is 2.94. The van der Waals surface area contributed by atoms with Crippen molar-refractivity contribution < 1.29 is 14.6 Å². The van der Waals surface area contributed by atoms with Crippen LogP contribution in [0.1, 0.15) is 24.5 Å². The van der Waals surface area contributed by atoms with E-state index < -0.39 is 11.5 Å².